The maximum Gasteiger partial charge on any atom is 0.238 e. The molecule has 4 nitrogen and oxygen atoms in total. The minimum absolute atomic E-state index is 0.236. The summed E-state index contributed by atoms with van der Waals surface area (Å²) in [6.07, 6.45) is 7.10. The van der Waals surface area contributed by atoms with Crippen LogP contribution in [0.3, 0.4) is 0 Å². The molecule has 0 fully saturated rings. The van der Waals surface area contributed by atoms with Crippen LogP contribution in [-0.2, 0) is 11.3 Å². The minimum atomic E-state index is -0.659. The molecule has 2 aromatic rings. The van der Waals surface area contributed by atoms with Crippen molar-refractivity contribution in [1.82, 2.24) is 10.3 Å². The van der Waals surface area contributed by atoms with Crippen molar-refractivity contribution in [1.29, 1.82) is 0 Å². The van der Waals surface area contributed by atoms with Crippen molar-refractivity contribution in [2.75, 3.05) is 0 Å². The fraction of sp³-hybridized carbons (Fsp3) is 0.200. The van der Waals surface area contributed by atoms with Gasteiger partial charge in [0.25, 0.3) is 0 Å². The number of rotatable bonds is 4. The molecule has 96 valence electrons. The number of hydrogen-bond donors (Lipinski definition) is 2. The Hall–Kier alpha value is -2.38. The zero-order valence-electron chi connectivity index (χ0n) is 10.5. The van der Waals surface area contributed by atoms with Crippen LogP contribution < -0.4 is 11.1 Å². The van der Waals surface area contributed by atoms with Crippen molar-refractivity contribution >= 4 is 16.8 Å². The lowest BCUT2D eigenvalue weighted by Crippen LogP contribution is -2.39. The summed E-state index contributed by atoms with van der Waals surface area (Å²) < 4.78 is 0. The summed E-state index contributed by atoms with van der Waals surface area (Å²) in [5.74, 6) is 2.13. The molecule has 0 radical (unpaired) electrons. The number of carbonyl (C=O) groups is 1. The van der Waals surface area contributed by atoms with Gasteiger partial charge < -0.3 is 11.1 Å². The van der Waals surface area contributed by atoms with Gasteiger partial charge in [-0.1, -0.05) is 24.3 Å². The molecule has 0 saturated heterocycles. The molecule has 1 aromatic heterocycles. The second kappa shape index (κ2) is 5.98. The number of terminal acetylenes is 1. The summed E-state index contributed by atoms with van der Waals surface area (Å²) in [5, 5.41) is 3.82. The fourth-order valence-electron chi connectivity index (χ4n) is 1.84. The van der Waals surface area contributed by atoms with Crippen LogP contribution in [-0.4, -0.2) is 16.9 Å². The largest absolute Gasteiger partial charge is 0.351 e. The number of amides is 1. The van der Waals surface area contributed by atoms with Gasteiger partial charge >= 0.3 is 0 Å². The monoisotopic (exact) mass is 253 g/mol. The molecule has 19 heavy (non-hydrogen) atoms. The average molecular weight is 253 g/mol. The van der Waals surface area contributed by atoms with Crippen molar-refractivity contribution in [3.8, 4) is 12.3 Å². The quantitative estimate of drug-likeness (QED) is 0.805. The Morgan fingerprint density at radius 1 is 1.42 bits per heavy atom. The molecular formula is C15H15N3O. The molecule has 1 heterocycles. The highest BCUT2D eigenvalue weighted by Crippen LogP contribution is 2.15. The minimum Gasteiger partial charge on any atom is -0.351 e. The standard InChI is InChI=1S/C15H15N3O/c1-2-5-13(16)15(19)18-10-12-7-3-6-11-8-4-9-17-14(11)12/h1,3-4,6-9,13H,5,10,16H2,(H,18,19). The molecule has 4 heteroatoms. The first-order chi connectivity index (χ1) is 9.22. The lowest BCUT2D eigenvalue weighted by molar-refractivity contribution is -0.122. The van der Waals surface area contributed by atoms with Gasteiger partial charge in [0, 0.05) is 24.5 Å². The van der Waals surface area contributed by atoms with Crippen LogP contribution in [0.2, 0.25) is 0 Å². The molecule has 1 aromatic carbocycles. The first kappa shape index (κ1) is 13.1. The number of fused-ring (bicyclic) bond motifs is 1. The van der Waals surface area contributed by atoms with E-state index in [1.165, 1.54) is 0 Å². The average Bonchev–Trinajstić information content (AvgIpc) is 2.45. The molecule has 1 unspecified atom stereocenters. The second-order valence-corrected chi connectivity index (χ2v) is 4.22. The summed E-state index contributed by atoms with van der Waals surface area (Å²) in [6, 6.07) is 9.06. The number of para-hydroxylation sites is 1. The van der Waals surface area contributed by atoms with Crippen LogP contribution in [0.4, 0.5) is 0 Å². The molecule has 3 N–H and O–H groups in total. The van der Waals surface area contributed by atoms with E-state index < -0.39 is 6.04 Å². The van der Waals surface area contributed by atoms with E-state index in [0.717, 1.165) is 16.5 Å². The Kier molecular flexibility index (Phi) is 4.11. The molecule has 0 spiro atoms. The molecule has 1 amide bonds. The van der Waals surface area contributed by atoms with Crippen LogP contribution in [0, 0.1) is 12.3 Å². The number of nitrogens with two attached hydrogens (primary N) is 1. The Bertz CT molecular complexity index is 625. The zero-order chi connectivity index (χ0) is 13.7. The first-order valence-corrected chi connectivity index (χ1v) is 6.01. The van der Waals surface area contributed by atoms with E-state index in [-0.39, 0.29) is 12.3 Å². The molecule has 0 saturated carbocycles. The Labute approximate surface area is 112 Å². The van der Waals surface area contributed by atoms with E-state index in [0.29, 0.717) is 6.54 Å². The van der Waals surface area contributed by atoms with Crippen LogP contribution in [0.15, 0.2) is 36.5 Å². The predicted octanol–water partition coefficient (Wildman–Crippen LogP) is 1.20. The number of benzene rings is 1. The molecule has 2 rings (SSSR count). The molecule has 1 atom stereocenters. The van der Waals surface area contributed by atoms with Gasteiger partial charge in [-0.25, -0.2) is 0 Å². The van der Waals surface area contributed by atoms with E-state index in [1.807, 2.05) is 30.3 Å². The highest BCUT2D eigenvalue weighted by Gasteiger charge is 2.12. The zero-order valence-corrected chi connectivity index (χ0v) is 10.5. The van der Waals surface area contributed by atoms with E-state index in [4.69, 9.17) is 12.2 Å². The third kappa shape index (κ3) is 3.09. The van der Waals surface area contributed by atoms with Gasteiger partial charge in [0.15, 0.2) is 0 Å². The molecule has 0 aliphatic carbocycles. The smallest absolute Gasteiger partial charge is 0.238 e. The van der Waals surface area contributed by atoms with Gasteiger partial charge in [0.1, 0.15) is 0 Å². The Morgan fingerprint density at radius 2 is 2.21 bits per heavy atom. The predicted molar refractivity (Wildman–Crippen MR) is 75.0 cm³/mol. The van der Waals surface area contributed by atoms with Crippen molar-refractivity contribution in [2.45, 2.75) is 19.0 Å². The van der Waals surface area contributed by atoms with Crippen LogP contribution in [0.25, 0.3) is 10.9 Å². The number of carbonyl (C=O) groups excluding carboxylic acids is 1. The van der Waals surface area contributed by atoms with Crippen LogP contribution >= 0.6 is 0 Å². The summed E-state index contributed by atoms with van der Waals surface area (Å²) in [6.45, 7) is 0.394. The molecule has 0 bridgehead atoms. The van der Waals surface area contributed by atoms with E-state index in [1.54, 1.807) is 6.20 Å². The third-order valence-corrected chi connectivity index (χ3v) is 2.84. The van der Waals surface area contributed by atoms with Crippen molar-refractivity contribution < 1.29 is 4.79 Å². The first-order valence-electron chi connectivity index (χ1n) is 6.01. The van der Waals surface area contributed by atoms with Crippen LogP contribution in [0.1, 0.15) is 12.0 Å². The van der Waals surface area contributed by atoms with E-state index >= 15 is 0 Å². The lowest BCUT2D eigenvalue weighted by atomic mass is 10.1. The van der Waals surface area contributed by atoms with E-state index in [9.17, 15) is 4.79 Å². The SMILES string of the molecule is C#CCC(N)C(=O)NCc1cccc2cccnc12. The maximum absolute atomic E-state index is 11.7. The van der Waals surface area contributed by atoms with Gasteiger partial charge in [0.05, 0.1) is 11.6 Å². The van der Waals surface area contributed by atoms with Gasteiger partial charge in [0.2, 0.25) is 5.91 Å². The third-order valence-electron chi connectivity index (χ3n) is 2.84. The highest BCUT2D eigenvalue weighted by molar-refractivity contribution is 5.84. The number of hydrogen-bond acceptors (Lipinski definition) is 3. The molecular weight excluding hydrogens is 238 g/mol. The molecule has 0 aliphatic rings. The van der Waals surface area contributed by atoms with Gasteiger partial charge in [-0.15, -0.1) is 12.3 Å². The summed E-state index contributed by atoms with van der Waals surface area (Å²) in [5.41, 5.74) is 7.48. The maximum atomic E-state index is 11.7. The Morgan fingerprint density at radius 3 is 3.00 bits per heavy atom. The number of nitrogens with one attached hydrogen (secondary N) is 1. The van der Waals surface area contributed by atoms with Gasteiger partial charge in [-0.3, -0.25) is 9.78 Å². The second-order valence-electron chi connectivity index (χ2n) is 4.22. The summed E-state index contributed by atoms with van der Waals surface area (Å²) in [4.78, 5) is 16.0. The number of pyridine rings is 1. The normalized spacial score (nSPS) is 11.8. The van der Waals surface area contributed by atoms with Gasteiger partial charge in [-0.05, 0) is 11.6 Å². The highest BCUT2D eigenvalue weighted by atomic mass is 16.2. The number of aromatic nitrogens is 1. The van der Waals surface area contributed by atoms with E-state index in [2.05, 4.69) is 16.2 Å². The Balaban J connectivity index is 2.10. The van der Waals surface area contributed by atoms with Crippen molar-refractivity contribution in [3.63, 3.8) is 0 Å². The summed E-state index contributed by atoms with van der Waals surface area (Å²) in [7, 11) is 0. The lowest BCUT2D eigenvalue weighted by Gasteiger charge is -2.10. The molecule has 0 aliphatic heterocycles. The summed E-state index contributed by atoms with van der Waals surface area (Å²) >= 11 is 0. The number of nitrogens with zero attached hydrogens (tertiary/aromatic N) is 1. The van der Waals surface area contributed by atoms with Crippen molar-refractivity contribution in [3.05, 3.63) is 42.1 Å². The van der Waals surface area contributed by atoms with Crippen molar-refractivity contribution in [2.24, 2.45) is 5.73 Å². The van der Waals surface area contributed by atoms with Crippen LogP contribution in [0.5, 0.6) is 0 Å². The topological polar surface area (TPSA) is 68.0 Å². The fourth-order valence-corrected chi connectivity index (χ4v) is 1.84. The van der Waals surface area contributed by atoms with Gasteiger partial charge in [-0.2, -0.15) is 0 Å².